The molecule has 0 radical (unpaired) electrons. The summed E-state index contributed by atoms with van der Waals surface area (Å²) in [6.07, 6.45) is 0. The van der Waals surface area contributed by atoms with Gasteiger partial charge in [-0.2, -0.15) is 0 Å². The number of aryl methyl sites for hydroxylation is 8. The van der Waals surface area contributed by atoms with Crippen LogP contribution in [0.1, 0.15) is 61.8 Å². The van der Waals surface area contributed by atoms with Gasteiger partial charge in [0.2, 0.25) is 0 Å². The highest BCUT2D eigenvalue weighted by Gasteiger charge is 2.31. The van der Waals surface area contributed by atoms with Crippen molar-refractivity contribution in [3.8, 4) is 45.0 Å². The van der Waals surface area contributed by atoms with Crippen LogP contribution in [0.3, 0.4) is 0 Å². The number of thiophene rings is 4. The summed E-state index contributed by atoms with van der Waals surface area (Å²) in [6.45, 7) is 17.4. The molecule has 12 heteroatoms. The Hall–Kier alpha value is -5.92. The molecule has 9 aromatic rings. The average molecular weight is 855 g/mol. The van der Waals surface area contributed by atoms with E-state index < -0.39 is 0 Å². The van der Waals surface area contributed by atoms with Gasteiger partial charge >= 0.3 is 0 Å². The Morgan fingerprint density at radius 2 is 0.683 bits per heavy atom. The second-order valence-electron chi connectivity index (χ2n) is 15.5. The van der Waals surface area contributed by atoms with Gasteiger partial charge in [-0.15, -0.1) is 45.3 Å². The van der Waals surface area contributed by atoms with Gasteiger partial charge in [-0.3, -0.25) is 0 Å². The highest BCUT2D eigenvalue weighted by molar-refractivity contribution is 7.13. The minimum Gasteiger partial charge on any atom is -0.324 e. The summed E-state index contributed by atoms with van der Waals surface area (Å²) < 4.78 is 0. The van der Waals surface area contributed by atoms with E-state index in [2.05, 4.69) is 114 Å². The van der Waals surface area contributed by atoms with Crippen LogP contribution >= 0.6 is 45.3 Å². The van der Waals surface area contributed by atoms with Gasteiger partial charge in [-0.1, -0.05) is 48.5 Å². The van der Waals surface area contributed by atoms with Crippen LogP contribution in [-0.4, -0.2) is 39.9 Å². The van der Waals surface area contributed by atoms with E-state index in [1.807, 2.05) is 24.3 Å². The zero-order chi connectivity index (χ0) is 41.1. The molecule has 0 saturated carbocycles. The molecule has 0 spiro atoms. The SMILES string of the molecule is Cc1cc(C2=C(c3cc(C)sc3C)c3nc2nc2[nH]c(nc4nc(nc5[nH]c(n3)c3ccccc53)-c3ccccc3-4)c(-c3cc(C)sc3C)c2-c2cc(C)sc2C)c(C)s1. The van der Waals surface area contributed by atoms with E-state index in [9.17, 15) is 0 Å². The van der Waals surface area contributed by atoms with Crippen LogP contribution in [0.5, 0.6) is 0 Å². The number of fused-ring (bicyclic) bond motifs is 14. The molecule has 11 rings (SSSR count). The van der Waals surface area contributed by atoms with Crippen molar-refractivity contribution in [1.82, 2.24) is 39.9 Å². The Morgan fingerprint density at radius 3 is 1.10 bits per heavy atom. The predicted octanol–water partition coefficient (Wildman–Crippen LogP) is 13.4. The van der Waals surface area contributed by atoms with Crippen molar-refractivity contribution in [3.63, 3.8) is 0 Å². The molecular weight excluding hydrogens is 817 g/mol. The van der Waals surface area contributed by atoms with Crippen molar-refractivity contribution >= 4 is 89.9 Å². The second kappa shape index (κ2) is 13.8. The van der Waals surface area contributed by atoms with E-state index in [1.54, 1.807) is 45.3 Å². The Morgan fingerprint density at radius 1 is 0.350 bits per heavy atom. The highest BCUT2D eigenvalue weighted by Crippen LogP contribution is 2.47. The van der Waals surface area contributed by atoms with Crippen molar-refractivity contribution in [1.29, 1.82) is 0 Å². The van der Waals surface area contributed by atoms with E-state index in [1.165, 1.54) is 39.0 Å². The average Bonchev–Trinajstić information content (AvgIpc) is 4.10. The number of hydrogen-bond acceptors (Lipinski definition) is 10. The molecule has 7 aromatic heterocycles. The summed E-state index contributed by atoms with van der Waals surface area (Å²) >= 11 is 7.16. The molecule has 0 unspecified atom stereocenters. The van der Waals surface area contributed by atoms with E-state index in [4.69, 9.17) is 29.9 Å². The lowest BCUT2D eigenvalue weighted by Crippen LogP contribution is -1.94. The third-order valence-electron chi connectivity index (χ3n) is 11.3. The van der Waals surface area contributed by atoms with E-state index in [0.717, 1.165) is 66.4 Å². The largest absolute Gasteiger partial charge is 0.324 e. The third kappa shape index (κ3) is 5.88. The number of nitrogens with zero attached hydrogens (tertiary/aromatic N) is 6. The van der Waals surface area contributed by atoms with Gasteiger partial charge in [0, 0.05) is 105 Å². The van der Waals surface area contributed by atoms with Crippen LogP contribution in [0.25, 0.3) is 89.5 Å². The highest BCUT2D eigenvalue weighted by atomic mass is 32.1. The van der Waals surface area contributed by atoms with Crippen LogP contribution in [0.15, 0.2) is 72.8 Å². The fourth-order valence-corrected chi connectivity index (χ4v) is 12.5. The maximum absolute atomic E-state index is 5.67. The van der Waals surface area contributed by atoms with Gasteiger partial charge in [-0.05, 0) is 79.7 Å². The Kier molecular flexibility index (Phi) is 8.54. The Balaban J connectivity index is 1.40. The predicted molar refractivity (Wildman–Crippen MR) is 252 cm³/mol. The lowest BCUT2D eigenvalue weighted by atomic mass is 9.95. The van der Waals surface area contributed by atoms with Crippen LogP contribution < -0.4 is 0 Å². The summed E-state index contributed by atoms with van der Waals surface area (Å²) in [6, 6.07) is 25.5. The molecule has 0 amide bonds. The van der Waals surface area contributed by atoms with Crippen LogP contribution in [0, 0.1) is 55.4 Å². The van der Waals surface area contributed by atoms with E-state index >= 15 is 0 Å². The minimum absolute atomic E-state index is 0.587. The van der Waals surface area contributed by atoms with Gasteiger partial charge in [0.05, 0.1) is 0 Å². The number of aromatic amines is 2. The summed E-state index contributed by atoms with van der Waals surface area (Å²) in [5.41, 5.74) is 13.0. The molecule has 60 heavy (non-hydrogen) atoms. The smallest absolute Gasteiger partial charge is 0.165 e. The number of nitrogens with one attached hydrogen (secondary N) is 2. The molecule has 0 atom stereocenters. The first kappa shape index (κ1) is 37.1. The standard InChI is InChI=1S/C48H38N8S4/c1-21-17-33(25(5)57-21)37-39(35-19-23(3)59-27(35)7)47-54-45(37)52-43-31-15-11-9-13-29(31)41(50-43)49-42-30-14-10-12-16-32(30)44(51-42)53-46-38(34-18-22(2)58-26(34)6)40(48(55-46)56-47)36-20-24(4)60-28(36)8/h9-20H,1-8H3,(H2,49,50,51,52,53,54,55,56). The Labute approximate surface area is 362 Å². The maximum atomic E-state index is 5.67. The lowest BCUT2D eigenvalue weighted by Gasteiger charge is -2.08. The summed E-state index contributed by atoms with van der Waals surface area (Å²) in [5.74, 6) is 2.38. The third-order valence-corrected chi connectivity index (χ3v) is 15.1. The fraction of sp³-hybridized carbons (Fsp3) is 0.167. The lowest BCUT2D eigenvalue weighted by molar-refractivity contribution is 1.12. The molecule has 8 bridgehead atoms. The van der Waals surface area contributed by atoms with Gasteiger partial charge in [0.15, 0.2) is 23.3 Å². The van der Waals surface area contributed by atoms with Crippen molar-refractivity contribution < 1.29 is 0 Å². The number of hydrogen-bond donors (Lipinski definition) is 2. The zero-order valence-electron chi connectivity index (χ0n) is 34.2. The van der Waals surface area contributed by atoms with E-state index in [0.29, 0.717) is 45.9 Å². The molecule has 0 aliphatic carbocycles. The molecule has 0 fully saturated rings. The van der Waals surface area contributed by atoms with Gasteiger partial charge in [-0.25, -0.2) is 29.9 Å². The van der Waals surface area contributed by atoms with Gasteiger partial charge in [0.25, 0.3) is 0 Å². The van der Waals surface area contributed by atoms with Crippen molar-refractivity contribution in [3.05, 3.63) is 135 Å². The number of benzene rings is 2. The van der Waals surface area contributed by atoms with Crippen LogP contribution in [-0.2, 0) is 0 Å². The second-order valence-corrected chi connectivity index (χ2v) is 21.4. The number of aromatic nitrogens is 8. The van der Waals surface area contributed by atoms with Gasteiger partial charge in [0.1, 0.15) is 22.6 Å². The normalized spacial score (nSPS) is 12.6. The molecule has 0 saturated heterocycles. The number of rotatable bonds is 4. The minimum atomic E-state index is 0.587. The van der Waals surface area contributed by atoms with E-state index in [-0.39, 0.29) is 0 Å². The molecule has 9 heterocycles. The molecule has 294 valence electrons. The number of H-pyrrole nitrogens is 2. The monoisotopic (exact) mass is 854 g/mol. The topological polar surface area (TPSA) is 109 Å². The molecule has 2 N–H and O–H groups in total. The summed E-state index contributed by atoms with van der Waals surface area (Å²) in [4.78, 5) is 49.6. The van der Waals surface area contributed by atoms with Crippen LogP contribution in [0.2, 0.25) is 0 Å². The quantitative estimate of drug-likeness (QED) is 0.182. The zero-order valence-corrected chi connectivity index (χ0v) is 37.5. The van der Waals surface area contributed by atoms with Gasteiger partial charge < -0.3 is 9.97 Å². The molecule has 2 aromatic carbocycles. The molecule has 8 nitrogen and oxygen atoms in total. The fourth-order valence-electron chi connectivity index (χ4n) is 8.80. The first-order valence-corrected chi connectivity index (χ1v) is 23.0. The van der Waals surface area contributed by atoms with Crippen molar-refractivity contribution in [2.24, 2.45) is 0 Å². The molecular formula is C48H38N8S4. The summed E-state index contributed by atoms with van der Waals surface area (Å²) in [7, 11) is 0. The first-order chi connectivity index (χ1) is 29.0. The van der Waals surface area contributed by atoms with Crippen LogP contribution in [0.4, 0.5) is 0 Å². The summed E-state index contributed by atoms with van der Waals surface area (Å²) in [5, 5.41) is 1.89. The maximum Gasteiger partial charge on any atom is 0.165 e. The molecule has 2 aliphatic rings. The van der Waals surface area contributed by atoms with Crippen molar-refractivity contribution in [2.45, 2.75) is 55.4 Å². The molecule has 2 aliphatic heterocycles. The Bertz CT molecular complexity index is 3490. The van der Waals surface area contributed by atoms with Crippen molar-refractivity contribution in [2.75, 3.05) is 0 Å². The first-order valence-electron chi connectivity index (χ1n) is 19.8.